The van der Waals surface area contributed by atoms with Gasteiger partial charge in [-0.1, -0.05) is 200 Å². The lowest BCUT2D eigenvalue weighted by Crippen LogP contribution is -2.33. The Balaban J connectivity index is 0.923. The quantitative estimate of drug-likeness (QED) is 0.164. The van der Waals surface area contributed by atoms with Gasteiger partial charge in [-0.05, 0) is 99.1 Å². The fraction of sp³-hybridized carbons (Fsp3) is 0.0135. The minimum absolute atomic E-state index is 0.569. The topological polar surface area (TPSA) is 95.7 Å². The standard InChI is InChI=1S/C74H42N6O2/c1-3-18-43(19-4-1)45-22-15-23-47(40-45)72-77-70(44-20-5-2-6-21-44)78-73(79-72)54-28-17-30-58-65(54)55-41-48(37-39-56(55)74(58)57-29-10-12-33-61(57)80-60-32-11-7-24-49(60)52-27-16-31-59(74)68(52)80)71-75-66(69-67(76-71)53-26-9-14-35-63(53)82-69)46-36-38-51-50-25-8-13-34-62(50)81-64(51)42-46/h1-42H. The van der Waals surface area contributed by atoms with Crippen LogP contribution in [0.3, 0.4) is 0 Å². The van der Waals surface area contributed by atoms with Gasteiger partial charge in [0, 0.05) is 54.7 Å². The van der Waals surface area contributed by atoms with Gasteiger partial charge in [0.1, 0.15) is 28.0 Å². The maximum Gasteiger partial charge on any atom is 0.180 e. The first-order valence-corrected chi connectivity index (χ1v) is 27.6. The van der Waals surface area contributed by atoms with Gasteiger partial charge in [0.05, 0.1) is 22.1 Å². The zero-order chi connectivity index (χ0) is 53.6. The van der Waals surface area contributed by atoms with Gasteiger partial charge in [0.15, 0.2) is 28.9 Å². The van der Waals surface area contributed by atoms with Crippen LogP contribution in [0.2, 0.25) is 0 Å². The van der Waals surface area contributed by atoms with Gasteiger partial charge in [0.25, 0.3) is 0 Å². The first-order valence-electron chi connectivity index (χ1n) is 27.6. The molecule has 5 aromatic heterocycles. The first kappa shape index (κ1) is 44.8. The van der Waals surface area contributed by atoms with E-state index in [4.69, 9.17) is 33.8 Å². The summed E-state index contributed by atoms with van der Waals surface area (Å²) in [6.07, 6.45) is 0. The van der Waals surface area contributed by atoms with E-state index in [0.717, 1.165) is 105 Å². The summed E-state index contributed by atoms with van der Waals surface area (Å²) in [5.41, 5.74) is 20.5. The van der Waals surface area contributed by atoms with E-state index in [2.05, 4.69) is 199 Å². The molecular formula is C74H42N6O2. The lowest BCUT2D eigenvalue weighted by atomic mass is 9.65. The Morgan fingerprint density at radius 2 is 0.915 bits per heavy atom. The monoisotopic (exact) mass is 1050 g/mol. The highest BCUT2D eigenvalue weighted by Gasteiger charge is 2.52. The van der Waals surface area contributed by atoms with Crippen LogP contribution in [0.25, 0.3) is 151 Å². The minimum atomic E-state index is -0.777. The Labute approximate surface area is 468 Å². The van der Waals surface area contributed by atoms with Crippen LogP contribution in [0.1, 0.15) is 22.3 Å². The van der Waals surface area contributed by atoms with Crippen LogP contribution in [0.15, 0.2) is 264 Å². The van der Waals surface area contributed by atoms with E-state index in [1.807, 2.05) is 60.7 Å². The van der Waals surface area contributed by atoms with E-state index in [0.29, 0.717) is 34.6 Å². The summed E-state index contributed by atoms with van der Waals surface area (Å²) in [7, 11) is 0. The van der Waals surface area contributed by atoms with Gasteiger partial charge < -0.3 is 13.4 Å². The molecule has 8 nitrogen and oxygen atoms in total. The number of benzene rings is 11. The van der Waals surface area contributed by atoms with Crippen LogP contribution in [-0.4, -0.2) is 29.5 Å². The van der Waals surface area contributed by atoms with Crippen molar-refractivity contribution in [1.29, 1.82) is 0 Å². The summed E-state index contributed by atoms with van der Waals surface area (Å²) in [6.45, 7) is 0. The highest BCUT2D eigenvalue weighted by molar-refractivity contribution is 6.14. The Kier molecular flexibility index (Phi) is 9.27. The minimum Gasteiger partial charge on any atom is -0.456 e. The predicted molar refractivity (Wildman–Crippen MR) is 328 cm³/mol. The van der Waals surface area contributed by atoms with Crippen LogP contribution in [0, 0.1) is 0 Å². The second kappa shape index (κ2) is 17.0. The van der Waals surface area contributed by atoms with E-state index in [1.165, 1.54) is 32.9 Å². The molecule has 0 N–H and O–H groups in total. The van der Waals surface area contributed by atoms with Crippen LogP contribution in [0.4, 0.5) is 0 Å². The fourth-order valence-corrected chi connectivity index (χ4v) is 13.6. The van der Waals surface area contributed by atoms with E-state index >= 15 is 0 Å². The molecule has 8 heteroatoms. The third kappa shape index (κ3) is 6.28. The fourth-order valence-electron chi connectivity index (χ4n) is 13.6. The molecule has 0 bridgehead atoms. The molecule has 1 aliphatic heterocycles. The summed E-state index contributed by atoms with van der Waals surface area (Å²) in [5, 5.41) is 5.44. The molecule has 11 aromatic carbocycles. The molecule has 1 spiro atoms. The molecule has 0 fully saturated rings. The number of fused-ring (bicyclic) bond motifs is 18. The van der Waals surface area contributed by atoms with E-state index in [1.54, 1.807) is 0 Å². The number of nitrogens with zero attached hydrogens (tertiary/aromatic N) is 6. The summed E-state index contributed by atoms with van der Waals surface area (Å²) >= 11 is 0. The lowest BCUT2D eigenvalue weighted by molar-refractivity contribution is 0.666. The van der Waals surface area contributed by atoms with Gasteiger partial charge in [-0.2, -0.15) is 0 Å². The third-order valence-electron chi connectivity index (χ3n) is 17.1. The number of aromatic nitrogens is 6. The van der Waals surface area contributed by atoms with E-state index < -0.39 is 5.41 Å². The van der Waals surface area contributed by atoms with Crippen molar-refractivity contribution in [3.05, 3.63) is 277 Å². The molecule has 0 saturated carbocycles. The normalized spacial score (nSPS) is 14.1. The maximum absolute atomic E-state index is 6.71. The van der Waals surface area contributed by atoms with Gasteiger partial charge >= 0.3 is 0 Å². The smallest absolute Gasteiger partial charge is 0.180 e. The molecule has 82 heavy (non-hydrogen) atoms. The molecule has 2 aliphatic rings. The SMILES string of the molecule is c1ccc(-c2cccc(-c3nc(-c4ccccc4)nc(-c4cccc5c4-c4cc(-c6nc(-c7ccc8c(c7)oc7ccccc78)c7oc8ccccc8c7n6)ccc4C54c5ccccc5-n5c6ccccc6c6cccc4c65)n3)c2)cc1. The van der Waals surface area contributed by atoms with Crippen molar-refractivity contribution in [1.82, 2.24) is 29.5 Å². The number of rotatable bonds is 6. The van der Waals surface area contributed by atoms with Crippen molar-refractivity contribution in [3.8, 4) is 84.7 Å². The highest BCUT2D eigenvalue weighted by atomic mass is 16.3. The van der Waals surface area contributed by atoms with E-state index in [-0.39, 0.29) is 0 Å². The molecule has 1 unspecified atom stereocenters. The average Bonchev–Trinajstić information content (AvgIpc) is 1.95. The zero-order valence-corrected chi connectivity index (χ0v) is 43.7. The molecular weight excluding hydrogens is 1000 g/mol. The number of furan rings is 2. The molecule has 1 atom stereocenters. The predicted octanol–water partition coefficient (Wildman–Crippen LogP) is 18.2. The van der Waals surface area contributed by atoms with Crippen LogP contribution >= 0.6 is 0 Å². The summed E-state index contributed by atoms with van der Waals surface area (Å²) < 4.78 is 15.7. The Bertz CT molecular complexity index is 5370. The summed E-state index contributed by atoms with van der Waals surface area (Å²) in [6, 6.07) is 89.8. The maximum atomic E-state index is 6.71. The number of hydrogen-bond donors (Lipinski definition) is 0. The van der Waals surface area contributed by atoms with Crippen molar-refractivity contribution in [2.45, 2.75) is 5.41 Å². The molecule has 16 aromatic rings. The molecule has 1 aliphatic carbocycles. The first-order chi connectivity index (χ1) is 40.6. The second-order valence-corrected chi connectivity index (χ2v) is 21.4. The molecule has 6 heterocycles. The third-order valence-corrected chi connectivity index (χ3v) is 17.1. The summed E-state index contributed by atoms with van der Waals surface area (Å²) in [4.78, 5) is 27.2. The van der Waals surface area contributed by atoms with Crippen molar-refractivity contribution < 1.29 is 8.83 Å². The van der Waals surface area contributed by atoms with Crippen molar-refractivity contribution >= 4 is 65.8 Å². The number of para-hydroxylation sites is 5. The number of hydrogen-bond acceptors (Lipinski definition) is 7. The Morgan fingerprint density at radius 1 is 0.317 bits per heavy atom. The van der Waals surface area contributed by atoms with Crippen LogP contribution < -0.4 is 0 Å². The van der Waals surface area contributed by atoms with Crippen molar-refractivity contribution in [2.24, 2.45) is 0 Å². The second-order valence-electron chi connectivity index (χ2n) is 21.4. The molecule has 0 amide bonds. The Hall–Kier alpha value is -11.1. The highest BCUT2D eigenvalue weighted by Crippen LogP contribution is 2.63. The molecule has 380 valence electrons. The zero-order valence-electron chi connectivity index (χ0n) is 43.7. The van der Waals surface area contributed by atoms with Gasteiger partial charge in [-0.15, -0.1) is 0 Å². The Morgan fingerprint density at radius 3 is 1.78 bits per heavy atom. The summed E-state index contributed by atoms with van der Waals surface area (Å²) in [5.74, 6) is 2.31. The van der Waals surface area contributed by atoms with Crippen molar-refractivity contribution in [3.63, 3.8) is 0 Å². The average molecular weight is 1050 g/mol. The van der Waals surface area contributed by atoms with Gasteiger partial charge in [-0.3, -0.25) is 0 Å². The van der Waals surface area contributed by atoms with Gasteiger partial charge in [-0.25, -0.2) is 24.9 Å². The lowest BCUT2D eigenvalue weighted by Gasteiger charge is -2.39. The molecule has 0 radical (unpaired) electrons. The largest absolute Gasteiger partial charge is 0.456 e. The van der Waals surface area contributed by atoms with Crippen LogP contribution in [0.5, 0.6) is 0 Å². The van der Waals surface area contributed by atoms with Crippen molar-refractivity contribution in [2.75, 3.05) is 0 Å². The van der Waals surface area contributed by atoms with Crippen LogP contribution in [-0.2, 0) is 5.41 Å². The molecule has 0 saturated heterocycles. The van der Waals surface area contributed by atoms with Gasteiger partial charge in [0.2, 0.25) is 0 Å². The van der Waals surface area contributed by atoms with E-state index in [9.17, 15) is 0 Å². The molecule has 18 rings (SSSR count).